The topological polar surface area (TPSA) is 81.0 Å². The largest absolute Gasteiger partial charge is 0.383 e. The Morgan fingerprint density at radius 2 is 2.41 bits per heavy atom. The van der Waals surface area contributed by atoms with Gasteiger partial charge in [0.15, 0.2) is 5.16 Å². The second-order valence-electron chi connectivity index (χ2n) is 4.24. The SMILES string of the molecule is COC1CCCC(Sc2nc(N)cc(=O)[nH]2)C1. The zero-order valence-corrected chi connectivity index (χ0v) is 10.6. The van der Waals surface area contributed by atoms with E-state index in [4.69, 9.17) is 10.5 Å². The van der Waals surface area contributed by atoms with Crippen LogP contribution in [0.3, 0.4) is 0 Å². The number of aromatic nitrogens is 2. The standard InChI is InChI=1S/C11H17N3O2S/c1-16-7-3-2-4-8(5-7)17-11-13-9(12)6-10(15)14-11/h6-8H,2-5H2,1H3,(H3,12,13,14,15). The highest BCUT2D eigenvalue weighted by Crippen LogP contribution is 2.32. The van der Waals surface area contributed by atoms with Gasteiger partial charge < -0.3 is 15.5 Å². The van der Waals surface area contributed by atoms with Crippen molar-refractivity contribution < 1.29 is 4.74 Å². The van der Waals surface area contributed by atoms with Gasteiger partial charge in [0, 0.05) is 18.4 Å². The molecule has 0 aromatic carbocycles. The summed E-state index contributed by atoms with van der Waals surface area (Å²) < 4.78 is 5.38. The first-order chi connectivity index (χ1) is 8.17. The van der Waals surface area contributed by atoms with Crippen molar-refractivity contribution in [2.75, 3.05) is 12.8 Å². The van der Waals surface area contributed by atoms with Gasteiger partial charge in [-0.3, -0.25) is 4.79 Å². The van der Waals surface area contributed by atoms with Crippen LogP contribution in [0.4, 0.5) is 5.82 Å². The van der Waals surface area contributed by atoms with Crippen molar-refractivity contribution in [1.29, 1.82) is 0 Å². The number of nitrogens with one attached hydrogen (secondary N) is 1. The summed E-state index contributed by atoms with van der Waals surface area (Å²) in [6.07, 6.45) is 4.73. The summed E-state index contributed by atoms with van der Waals surface area (Å²) in [7, 11) is 1.75. The van der Waals surface area contributed by atoms with Gasteiger partial charge in [0.05, 0.1) is 6.10 Å². The molecule has 2 atom stereocenters. The van der Waals surface area contributed by atoms with Gasteiger partial charge in [0.1, 0.15) is 5.82 Å². The average molecular weight is 255 g/mol. The lowest BCUT2D eigenvalue weighted by Crippen LogP contribution is -2.23. The Bertz CT molecular complexity index is 435. The van der Waals surface area contributed by atoms with Crippen LogP contribution in [0.5, 0.6) is 0 Å². The molecule has 0 amide bonds. The molecule has 1 aliphatic rings. The molecule has 6 heteroatoms. The molecule has 1 aromatic heterocycles. The molecule has 94 valence electrons. The molecular formula is C11H17N3O2S. The summed E-state index contributed by atoms with van der Waals surface area (Å²) in [4.78, 5) is 18.1. The average Bonchev–Trinajstić information content (AvgIpc) is 2.28. The van der Waals surface area contributed by atoms with Crippen molar-refractivity contribution >= 4 is 17.6 Å². The number of nitrogens with two attached hydrogens (primary N) is 1. The zero-order valence-electron chi connectivity index (χ0n) is 9.81. The van der Waals surface area contributed by atoms with Crippen LogP contribution in [-0.4, -0.2) is 28.4 Å². The molecule has 1 aromatic rings. The van der Waals surface area contributed by atoms with Crippen molar-refractivity contribution in [1.82, 2.24) is 9.97 Å². The lowest BCUT2D eigenvalue weighted by atomic mass is 9.97. The van der Waals surface area contributed by atoms with Gasteiger partial charge in [-0.1, -0.05) is 11.8 Å². The Labute approximate surface area is 104 Å². The minimum atomic E-state index is -0.195. The van der Waals surface area contributed by atoms with Crippen LogP contribution in [-0.2, 0) is 4.74 Å². The third kappa shape index (κ3) is 3.47. The van der Waals surface area contributed by atoms with Crippen molar-refractivity contribution in [3.05, 3.63) is 16.4 Å². The molecule has 1 saturated carbocycles. The van der Waals surface area contributed by atoms with E-state index < -0.39 is 0 Å². The van der Waals surface area contributed by atoms with E-state index in [-0.39, 0.29) is 11.4 Å². The Hall–Kier alpha value is -1.01. The maximum Gasteiger partial charge on any atom is 0.253 e. The fourth-order valence-corrected chi connectivity index (χ4v) is 3.32. The lowest BCUT2D eigenvalue weighted by Gasteiger charge is -2.27. The number of hydrogen-bond donors (Lipinski definition) is 2. The predicted molar refractivity (Wildman–Crippen MR) is 68.2 cm³/mol. The Kier molecular flexibility index (Phi) is 4.06. The molecular weight excluding hydrogens is 238 g/mol. The molecule has 1 heterocycles. The molecule has 0 spiro atoms. The number of hydrogen-bond acceptors (Lipinski definition) is 5. The summed E-state index contributed by atoms with van der Waals surface area (Å²) in [5.41, 5.74) is 5.35. The second-order valence-corrected chi connectivity index (χ2v) is 5.53. The van der Waals surface area contributed by atoms with Gasteiger partial charge in [-0.05, 0) is 25.7 Å². The third-order valence-corrected chi connectivity index (χ3v) is 4.11. The lowest BCUT2D eigenvalue weighted by molar-refractivity contribution is 0.0730. The minimum Gasteiger partial charge on any atom is -0.383 e. The molecule has 1 fully saturated rings. The monoisotopic (exact) mass is 255 g/mol. The number of thioether (sulfide) groups is 1. The first-order valence-corrected chi connectivity index (χ1v) is 6.61. The van der Waals surface area contributed by atoms with E-state index in [1.807, 2.05) is 0 Å². The molecule has 17 heavy (non-hydrogen) atoms. The highest BCUT2D eigenvalue weighted by Gasteiger charge is 2.23. The molecule has 5 nitrogen and oxygen atoms in total. The molecule has 0 radical (unpaired) electrons. The van der Waals surface area contributed by atoms with Gasteiger partial charge in [-0.15, -0.1) is 0 Å². The Morgan fingerprint density at radius 1 is 1.59 bits per heavy atom. The first kappa shape index (κ1) is 12.4. The van der Waals surface area contributed by atoms with Crippen molar-refractivity contribution in [2.45, 2.75) is 42.2 Å². The molecule has 0 saturated heterocycles. The maximum absolute atomic E-state index is 11.3. The number of nitrogens with zero attached hydrogens (tertiary/aromatic N) is 1. The summed E-state index contributed by atoms with van der Waals surface area (Å²) in [6, 6.07) is 1.29. The summed E-state index contributed by atoms with van der Waals surface area (Å²) in [5.74, 6) is 0.273. The normalized spacial score (nSPS) is 24.8. The molecule has 1 aliphatic carbocycles. The Morgan fingerprint density at radius 3 is 3.12 bits per heavy atom. The molecule has 0 aliphatic heterocycles. The predicted octanol–water partition coefficient (Wildman–Crippen LogP) is 1.40. The number of anilines is 1. The number of methoxy groups -OCH3 is 1. The number of nitrogen functional groups attached to an aromatic ring is 1. The number of ether oxygens (including phenoxy) is 1. The highest BCUT2D eigenvalue weighted by molar-refractivity contribution is 7.99. The van der Waals surface area contributed by atoms with E-state index in [0.717, 1.165) is 25.7 Å². The van der Waals surface area contributed by atoms with Crippen LogP contribution in [0.15, 0.2) is 16.0 Å². The van der Waals surface area contributed by atoms with Crippen molar-refractivity contribution in [2.24, 2.45) is 0 Å². The van der Waals surface area contributed by atoms with Crippen LogP contribution in [0.2, 0.25) is 0 Å². The molecule has 3 N–H and O–H groups in total. The van der Waals surface area contributed by atoms with E-state index in [9.17, 15) is 4.79 Å². The van der Waals surface area contributed by atoms with Crippen molar-refractivity contribution in [3.8, 4) is 0 Å². The fourth-order valence-electron chi connectivity index (χ4n) is 2.09. The molecule has 0 bridgehead atoms. The van der Waals surface area contributed by atoms with E-state index >= 15 is 0 Å². The third-order valence-electron chi connectivity index (χ3n) is 2.93. The molecule has 2 unspecified atom stereocenters. The first-order valence-electron chi connectivity index (χ1n) is 5.73. The summed E-state index contributed by atoms with van der Waals surface area (Å²) >= 11 is 1.59. The minimum absolute atomic E-state index is 0.195. The van der Waals surface area contributed by atoms with Gasteiger partial charge in [-0.2, -0.15) is 0 Å². The van der Waals surface area contributed by atoms with Gasteiger partial charge >= 0.3 is 0 Å². The zero-order chi connectivity index (χ0) is 12.3. The van der Waals surface area contributed by atoms with Crippen LogP contribution in [0.25, 0.3) is 0 Å². The van der Waals surface area contributed by atoms with Crippen LogP contribution in [0, 0.1) is 0 Å². The maximum atomic E-state index is 11.3. The quantitative estimate of drug-likeness (QED) is 0.798. The van der Waals surface area contributed by atoms with E-state index in [1.165, 1.54) is 6.07 Å². The molecule has 2 rings (SSSR count). The van der Waals surface area contributed by atoms with Gasteiger partial charge in [-0.25, -0.2) is 4.98 Å². The fraction of sp³-hybridized carbons (Fsp3) is 0.636. The second kappa shape index (κ2) is 5.55. The Balaban J connectivity index is 2.02. The summed E-state index contributed by atoms with van der Waals surface area (Å²) in [6.45, 7) is 0. The van der Waals surface area contributed by atoms with Gasteiger partial charge in [0.2, 0.25) is 0 Å². The number of aromatic amines is 1. The summed E-state index contributed by atoms with van der Waals surface area (Å²) in [5, 5.41) is 1.05. The van der Waals surface area contributed by atoms with Crippen molar-refractivity contribution in [3.63, 3.8) is 0 Å². The number of rotatable bonds is 3. The van der Waals surface area contributed by atoms with Crippen LogP contribution in [0.1, 0.15) is 25.7 Å². The van der Waals surface area contributed by atoms with E-state index in [2.05, 4.69) is 9.97 Å². The van der Waals surface area contributed by atoms with Crippen LogP contribution >= 0.6 is 11.8 Å². The number of H-pyrrole nitrogens is 1. The van der Waals surface area contributed by atoms with E-state index in [0.29, 0.717) is 16.5 Å². The van der Waals surface area contributed by atoms with Gasteiger partial charge in [0.25, 0.3) is 5.56 Å². The van der Waals surface area contributed by atoms with E-state index in [1.54, 1.807) is 18.9 Å². The highest BCUT2D eigenvalue weighted by atomic mass is 32.2. The smallest absolute Gasteiger partial charge is 0.253 e. The van der Waals surface area contributed by atoms with Crippen LogP contribution < -0.4 is 11.3 Å².